The molecule has 1 aliphatic rings. The Labute approximate surface area is 264 Å². The molecule has 0 spiro atoms. The molecule has 242 valence electrons. The third-order valence-electron chi connectivity index (χ3n) is 7.50. The van der Waals surface area contributed by atoms with Gasteiger partial charge in [-0.05, 0) is 72.7 Å². The first-order valence-corrected chi connectivity index (χ1v) is 15.2. The number of nitrogens with zero attached hydrogens (tertiary/aromatic N) is 2. The number of aromatic nitrogens is 1. The molecule has 0 bridgehead atoms. The summed E-state index contributed by atoms with van der Waals surface area (Å²) in [4.78, 5) is 29.0. The lowest BCUT2D eigenvalue weighted by Gasteiger charge is -2.30. The highest BCUT2D eigenvalue weighted by Gasteiger charge is 2.35. The van der Waals surface area contributed by atoms with Gasteiger partial charge in [0.1, 0.15) is 5.82 Å². The van der Waals surface area contributed by atoms with E-state index in [-0.39, 0.29) is 27.5 Å². The molecule has 0 fully saturated rings. The number of nitrogens with one attached hydrogen (secondary N) is 2. The van der Waals surface area contributed by atoms with Gasteiger partial charge in [0, 0.05) is 23.9 Å². The third kappa shape index (κ3) is 7.81. The van der Waals surface area contributed by atoms with Crippen molar-refractivity contribution in [2.45, 2.75) is 50.9 Å². The molecule has 3 aromatic carbocycles. The van der Waals surface area contributed by atoms with Crippen molar-refractivity contribution >= 4 is 49.8 Å². The van der Waals surface area contributed by atoms with Crippen LogP contribution >= 0.6 is 11.3 Å². The number of anilines is 2. The Morgan fingerprint density at radius 3 is 2.37 bits per heavy atom. The summed E-state index contributed by atoms with van der Waals surface area (Å²) in [6.07, 6.45) is -1.59. The number of aliphatic hydroxyl groups is 2. The maximum absolute atomic E-state index is 14.1. The van der Waals surface area contributed by atoms with E-state index in [9.17, 15) is 37.4 Å². The average Bonchev–Trinajstić information content (AvgIpc) is 3.43. The molecule has 2 atom stereocenters. The minimum atomic E-state index is -4.87. The number of carboxylic acids is 1. The van der Waals surface area contributed by atoms with Gasteiger partial charge in [0.15, 0.2) is 11.2 Å². The maximum Gasteiger partial charge on any atom is 0.419 e. The quantitative estimate of drug-likeness (QED) is 0.0982. The van der Waals surface area contributed by atoms with Gasteiger partial charge >= 0.3 is 12.1 Å². The van der Waals surface area contributed by atoms with Gasteiger partial charge < -0.3 is 30.9 Å². The molecule has 0 radical (unpaired) electrons. The summed E-state index contributed by atoms with van der Waals surface area (Å²) < 4.78 is 53.9. The zero-order valence-corrected chi connectivity index (χ0v) is 25.0. The van der Waals surface area contributed by atoms with Crippen molar-refractivity contribution in [3.05, 3.63) is 94.8 Å². The van der Waals surface area contributed by atoms with Crippen molar-refractivity contribution in [2.75, 3.05) is 16.8 Å². The first-order valence-electron chi connectivity index (χ1n) is 14.3. The van der Waals surface area contributed by atoms with Gasteiger partial charge in [-0.1, -0.05) is 41.7 Å². The smallest absolute Gasteiger partial charge is 0.419 e. The van der Waals surface area contributed by atoms with Gasteiger partial charge in [0.2, 0.25) is 6.35 Å². The van der Waals surface area contributed by atoms with E-state index in [1.807, 2.05) is 24.3 Å². The van der Waals surface area contributed by atoms with Gasteiger partial charge in [0.25, 0.3) is 5.91 Å². The number of benzene rings is 3. The second-order valence-electron chi connectivity index (χ2n) is 10.7. The SMILES string of the molecule is O=C(NC[C@@H](O)C(=O)O)c1ccc(CN(c2ccc(C3=CCCCC3)cc2)C(O)Nc2nc3cc(F)c(C(F)(F)F)cc3s2)cc1. The topological polar surface area (TPSA) is 135 Å². The molecule has 1 unspecified atom stereocenters. The first kappa shape index (κ1) is 32.9. The lowest BCUT2D eigenvalue weighted by atomic mass is 9.93. The van der Waals surface area contributed by atoms with Gasteiger partial charge in [-0.2, -0.15) is 13.2 Å². The molecule has 46 heavy (non-hydrogen) atoms. The van der Waals surface area contributed by atoms with Crippen LogP contribution in [0.25, 0.3) is 15.8 Å². The largest absolute Gasteiger partial charge is 0.479 e. The van der Waals surface area contributed by atoms with Crippen LogP contribution in [0.3, 0.4) is 0 Å². The van der Waals surface area contributed by atoms with E-state index in [0.717, 1.165) is 42.6 Å². The van der Waals surface area contributed by atoms with Crippen LogP contribution < -0.4 is 15.5 Å². The fourth-order valence-electron chi connectivity index (χ4n) is 5.04. The summed E-state index contributed by atoms with van der Waals surface area (Å²) in [6.45, 7) is -0.349. The number of alkyl halides is 3. The van der Waals surface area contributed by atoms with Gasteiger partial charge in [-0.15, -0.1) is 0 Å². The highest BCUT2D eigenvalue weighted by atomic mass is 32.1. The maximum atomic E-state index is 14.1. The number of rotatable bonds is 11. The van der Waals surface area contributed by atoms with Crippen molar-refractivity contribution in [3.8, 4) is 0 Å². The fourth-order valence-corrected chi connectivity index (χ4v) is 5.94. The minimum absolute atomic E-state index is 0.00611. The van der Waals surface area contributed by atoms with E-state index >= 15 is 0 Å². The standard InChI is InChI=1S/C32H30F4N4O5S/c33-24-15-25-27(14-23(24)32(34,35)36)46-30(38-25)39-31(45)40(22-12-10-20(11-13-22)19-4-2-1-3-5-19)17-18-6-8-21(9-7-18)28(42)37-16-26(41)29(43)44/h4,6-15,26,31,41,45H,1-3,5,16-17H2,(H,37,42)(H,38,39)(H,43,44)/t26-,31?/m1/s1. The molecule has 1 amide bonds. The lowest BCUT2D eigenvalue weighted by Crippen LogP contribution is -2.40. The molecule has 1 heterocycles. The lowest BCUT2D eigenvalue weighted by molar-refractivity contribution is -0.146. The Balaban J connectivity index is 1.38. The number of fused-ring (bicyclic) bond motifs is 1. The fraction of sp³-hybridized carbons (Fsp3) is 0.281. The molecule has 1 aromatic heterocycles. The zero-order chi connectivity index (χ0) is 33.0. The first-order chi connectivity index (χ1) is 21.9. The van der Waals surface area contributed by atoms with E-state index in [0.29, 0.717) is 23.4 Å². The summed E-state index contributed by atoms with van der Waals surface area (Å²) in [6, 6.07) is 15.3. The molecule has 1 aliphatic carbocycles. The number of aliphatic hydroxyl groups excluding tert-OH is 2. The van der Waals surface area contributed by atoms with E-state index in [4.69, 9.17) is 5.11 Å². The summed E-state index contributed by atoms with van der Waals surface area (Å²) in [5.41, 5.74) is 2.40. The number of hydrogen-bond acceptors (Lipinski definition) is 8. The van der Waals surface area contributed by atoms with Crippen LogP contribution in [0.4, 0.5) is 28.4 Å². The van der Waals surface area contributed by atoms with E-state index in [1.54, 1.807) is 17.0 Å². The predicted octanol–water partition coefficient (Wildman–Crippen LogP) is 5.98. The van der Waals surface area contributed by atoms with Crippen molar-refractivity contribution in [2.24, 2.45) is 0 Å². The number of hydrogen-bond donors (Lipinski definition) is 5. The Kier molecular flexibility index (Phi) is 9.89. The Bertz CT molecular complexity index is 1740. The molecule has 14 heteroatoms. The Morgan fingerprint density at radius 2 is 1.74 bits per heavy atom. The summed E-state index contributed by atoms with van der Waals surface area (Å²) in [7, 11) is 0. The van der Waals surface area contributed by atoms with Crippen molar-refractivity contribution < 1.29 is 42.5 Å². The molecule has 0 saturated heterocycles. The highest BCUT2D eigenvalue weighted by Crippen LogP contribution is 2.37. The molecule has 0 saturated carbocycles. The normalized spacial score (nSPS) is 14.8. The van der Waals surface area contributed by atoms with Crippen LogP contribution in [0.5, 0.6) is 0 Å². The zero-order valence-electron chi connectivity index (χ0n) is 24.2. The third-order valence-corrected chi connectivity index (χ3v) is 8.45. The predicted molar refractivity (Wildman–Crippen MR) is 166 cm³/mol. The average molecular weight is 659 g/mol. The summed E-state index contributed by atoms with van der Waals surface area (Å²) in [5, 5.41) is 34.8. The van der Waals surface area contributed by atoms with Crippen LogP contribution in [0.2, 0.25) is 0 Å². The minimum Gasteiger partial charge on any atom is -0.479 e. The molecule has 9 nitrogen and oxygen atoms in total. The van der Waals surface area contributed by atoms with E-state index < -0.39 is 48.4 Å². The van der Waals surface area contributed by atoms with E-state index in [2.05, 4.69) is 21.7 Å². The van der Waals surface area contributed by atoms with Gasteiger partial charge in [-0.3, -0.25) is 4.79 Å². The van der Waals surface area contributed by atoms with Crippen LogP contribution in [-0.2, 0) is 17.5 Å². The molecule has 5 N–H and O–H groups in total. The molecular weight excluding hydrogens is 628 g/mol. The molecule has 0 aliphatic heterocycles. The number of allylic oxidation sites excluding steroid dienone is 2. The monoisotopic (exact) mass is 658 g/mol. The van der Waals surface area contributed by atoms with Crippen molar-refractivity contribution in [1.29, 1.82) is 0 Å². The van der Waals surface area contributed by atoms with Crippen LogP contribution in [0.1, 0.15) is 52.7 Å². The summed E-state index contributed by atoms with van der Waals surface area (Å²) >= 11 is 0.836. The second-order valence-corrected chi connectivity index (χ2v) is 11.8. The Morgan fingerprint density at radius 1 is 1.02 bits per heavy atom. The molecule has 5 rings (SSSR count). The molecular formula is C32H30F4N4O5S. The Hall–Kier alpha value is -4.53. The van der Waals surface area contributed by atoms with Crippen molar-refractivity contribution in [3.63, 3.8) is 0 Å². The number of thiazole rings is 1. The number of carbonyl (C=O) groups excluding carboxylic acids is 1. The van der Waals surface area contributed by atoms with Crippen LogP contribution in [0.15, 0.2) is 66.7 Å². The second kappa shape index (κ2) is 13.8. The van der Waals surface area contributed by atoms with Crippen LogP contribution in [-0.4, -0.2) is 51.2 Å². The van der Waals surface area contributed by atoms with Crippen LogP contribution in [0, 0.1) is 5.82 Å². The van der Waals surface area contributed by atoms with Gasteiger partial charge in [-0.25, -0.2) is 14.2 Å². The van der Waals surface area contributed by atoms with Gasteiger partial charge in [0.05, 0.1) is 22.3 Å². The number of carbonyl (C=O) groups is 2. The van der Waals surface area contributed by atoms with E-state index in [1.165, 1.54) is 17.7 Å². The highest BCUT2D eigenvalue weighted by molar-refractivity contribution is 7.22. The van der Waals surface area contributed by atoms with Crippen molar-refractivity contribution in [1.82, 2.24) is 10.3 Å². The molecule has 4 aromatic rings. The number of amides is 1. The number of carboxylic acid groups (broad SMARTS) is 1. The summed E-state index contributed by atoms with van der Waals surface area (Å²) in [5.74, 6) is -3.49. The number of halogens is 4. The number of aliphatic carboxylic acids is 1.